The van der Waals surface area contributed by atoms with Gasteiger partial charge in [-0.3, -0.25) is 0 Å². The van der Waals surface area contributed by atoms with Gasteiger partial charge in [0.2, 0.25) is 5.79 Å². The minimum atomic E-state index is -2.14. The molecule has 0 spiro atoms. The van der Waals surface area contributed by atoms with Crippen molar-refractivity contribution >= 4 is 0 Å². The first-order valence-electron chi connectivity index (χ1n) is 13.6. The highest BCUT2D eigenvalue weighted by Gasteiger charge is 2.72. The molecule has 1 saturated heterocycles. The van der Waals surface area contributed by atoms with Crippen molar-refractivity contribution in [1.82, 2.24) is 0 Å². The Kier molecular flexibility index (Phi) is 8.47. The van der Waals surface area contributed by atoms with Gasteiger partial charge in [0.05, 0.1) is 13.2 Å². The molecule has 4 N–H and O–H groups in total. The van der Waals surface area contributed by atoms with Gasteiger partial charge in [-0.1, -0.05) is 121 Å². The van der Waals surface area contributed by atoms with E-state index >= 15 is 0 Å². The van der Waals surface area contributed by atoms with E-state index in [-0.39, 0.29) is 25.9 Å². The Morgan fingerprint density at radius 3 is 1.50 bits per heavy atom. The second-order valence-electron chi connectivity index (χ2n) is 10.6. The standard InChI is InChI=1S/C34H36O6/c35-24-30-31(36)32(37,21-26-13-5-1-6-14-26)33(22-27-15-7-2-8-16-27,39-25-29-19-11-4-12-20-29)34(38,40-30)23-28-17-9-3-10-18-28/h1-20,30-31,35-38H,21-25H2/t30-,31+,32+,33-,34?/m1/s1. The van der Waals surface area contributed by atoms with E-state index in [9.17, 15) is 20.4 Å². The molecule has 0 bridgehead atoms. The van der Waals surface area contributed by atoms with Gasteiger partial charge in [-0.25, -0.2) is 0 Å². The fourth-order valence-corrected chi connectivity index (χ4v) is 5.89. The SMILES string of the molecule is OC[C@H]1OC(O)(Cc2ccccc2)[C@](Cc2ccccc2)(OCc2ccccc2)[C@](O)(Cc2ccccc2)[C@H]1O. The Morgan fingerprint density at radius 2 is 1.02 bits per heavy atom. The molecule has 0 aromatic heterocycles. The van der Waals surface area contributed by atoms with E-state index < -0.39 is 35.8 Å². The van der Waals surface area contributed by atoms with Crippen molar-refractivity contribution in [3.8, 4) is 0 Å². The van der Waals surface area contributed by atoms with E-state index in [1.165, 1.54) is 0 Å². The van der Waals surface area contributed by atoms with Gasteiger partial charge in [0.1, 0.15) is 17.8 Å². The molecular weight excluding hydrogens is 504 g/mol. The van der Waals surface area contributed by atoms with E-state index in [1.807, 2.05) is 121 Å². The molecular formula is C34H36O6. The van der Waals surface area contributed by atoms with Crippen LogP contribution in [-0.2, 0) is 35.3 Å². The van der Waals surface area contributed by atoms with Crippen molar-refractivity contribution in [1.29, 1.82) is 0 Å². The van der Waals surface area contributed by atoms with Crippen molar-refractivity contribution in [2.45, 2.75) is 55.1 Å². The molecule has 1 unspecified atom stereocenters. The molecule has 0 saturated carbocycles. The predicted octanol–water partition coefficient (Wildman–Crippen LogP) is 3.84. The first-order valence-corrected chi connectivity index (χ1v) is 13.6. The summed E-state index contributed by atoms with van der Waals surface area (Å²) in [5.74, 6) is -2.14. The minimum absolute atomic E-state index is 0.0303. The van der Waals surface area contributed by atoms with Crippen LogP contribution in [0.3, 0.4) is 0 Å². The monoisotopic (exact) mass is 540 g/mol. The lowest BCUT2D eigenvalue weighted by Gasteiger charge is -2.61. The number of aliphatic hydroxyl groups is 4. The maximum atomic E-state index is 12.8. The summed E-state index contributed by atoms with van der Waals surface area (Å²) in [5.41, 5.74) is -0.835. The normalized spacial score (nSPS) is 28.3. The van der Waals surface area contributed by atoms with Gasteiger partial charge in [-0.2, -0.15) is 0 Å². The first kappa shape index (κ1) is 28.2. The summed E-state index contributed by atoms with van der Waals surface area (Å²) in [6.45, 7) is -0.558. The molecule has 1 heterocycles. The topological polar surface area (TPSA) is 99.4 Å². The van der Waals surface area contributed by atoms with Crippen LogP contribution < -0.4 is 0 Å². The molecule has 1 fully saturated rings. The first-order chi connectivity index (χ1) is 19.4. The van der Waals surface area contributed by atoms with Crippen LogP contribution >= 0.6 is 0 Å². The molecule has 6 heteroatoms. The van der Waals surface area contributed by atoms with Crippen molar-refractivity contribution in [2.75, 3.05) is 6.61 Å². The molecule has 1 aliphatic heterocycles. The van der Waals surface area contributed by atoms with Crippen LogP contribution in [0.15, 0.2) is 121 Å². The zero-order valence-corrected chi connectivity index (χ0v) is 22.3. The third-order valence-corrected chi connectivity index (χ3v) is 7.93. The zero-order valence-electron chi connectivity index (χ0n) is 22.3. The van der Waals surface area contributed by atoms with Crippen molar-refractivity contribution in [2.24, 2.45) is 0 Å². The molecule has 4 aromatic carbocycles. The molecule has 4 aromatic rings. The zero-order chi connectivity index (χ0) is 28.1. The van der Waals surface area contributed by atoms with Gasteiger partial charge >= 0.3 is 0 Å². The molecule has 0 radical (unpaired) electrons. The maximum Gasteiger partial charge on any atom is 0.203 e. The largest absolute Gasteiger partial charge is 0.394 e. The van der Waals surface area contributed by atoms with E-state index in [4.69, 9.17) is 9.47 Å². The average Bonchev–Trinajstić information content (AvgIpc) is 2.99. The van der Waals surface area contributed by atoms with Gasteiger partial charge in [0.15, 0.2) is 5.60 Å². The summed E-state index contributed by atoms with van der Waals surface area (Å²) < 4.78 is 13.0. The van der Waals surface area contributed by atoms with E-state index in [1.54, 1.807) is 0 Å². The highest BCUT2D eigenvalue weighted by atomic mass is 16.7. The molecule has 208 valence electrons. The summed E-state index contributed by atoms with van der Waals surface area (Å²) in [7, 11) is 0. The van der Waals surface area contributed by atoms with E-state index in [0.29, 0.717) is 0 Å². The van der Waals surface area contributed by atoms with Gasteiger partial charge < -0.3 is 29.9 Å². The van der Waals surface area contributed by atoms with Gasteiger partial charge in [-0.15, -0.1) is 0 Å². The Morgan fingerprint density at radius 1 is 0.600 bits per heavy atom. The van der Waals surface area contributed by atoms with Gasteiger partial charge in [0.25, 0.3) is 0 Å². The van der Waals surface area contributed by atoms with Crippen molar-refractivity contribution in [3.63, 3.8) is 0 Å². The molecule has 1 aliphatic rings. The number of ether oxygens (including phenoxy) is 2. The van der Waals surface area contributed by atoms with Crippen LogP contribution in [0.2, 0.25) is 0 Å². The third kappa shape index (κ3) is 5.47. The number of hydrogen-bond acceptors (Lipinski definition) is 6. The van der Waals surface area contributed by atoms with Crippen molar-refractivity contribution < 1.29 is 29.9 Å². The summed E-state index contributed by atoms with van der Waals surface area (Å²) in [6, 6.07) is 37.5. The Balaban J connectivity index is 1.72. The number of aliphatic hydroxyl groups excluding tert-OH is 2. The molecule has 6 nitrogen and oxygen atoms in total. The molecule has 0 aliphatic carbocycles. The summed E-state index contributed by atoms with van der Waals surface area (Å²) in [4.78, 5) is 0. The number of hydrogen-bond donors (Lipinski definition) is 4. The fraction of sp³-hybridized carbons (Fsp3) is 0.294. The maximum absolute atomic E-state index is 12.8. The highest BCUT2D eigenvalue weighted by Crippen LogP contribution is 2.51. The number of rotatable bonds is 10. The lowest BCUT2D eigenvalue weighted by molar-refractivity contribution is -0.426. The second kappa shape index (κ2) is 12.0. The molecule has 40 heavy (non-hydrogen) atoms. The summed E-state index contributed by atoms with van der Waals surface area (Å²) in [6.07, 6.45) is -2.90. The van der Waals surface area contributed by atoms with E-state index in [2.05, 4.69) is 0 Å². The quantitative estimate of drug-likeness (QED) is 0.244. The smallest absolute Gasteiger partial charge is 0.203 e. The molecule has 5 rings (SSSR count). The lowest BCUT2D eigenvalue weighted by Crippen LogP contribution is -2.82. The van der Waals surface area contributed by atoms with Crippen LogP contribution in [-0.4, -0.2) is 56.2 Å². The van der Waals surface area contributed by atoms with E-state index in [0.717, 1.165) is 22.3 Å². The molecule has 5 atom stereocenters. The summed E-state index contributed by atoms with van der Waals surface area (Å²) in [5, 5.41) is 47.5. The van der Waals surface area contributed by atoms with Crippen LogP contribution in [0.1, 0.15) is 22.3 Å². The minimum Gasteiger partial charge on any atom is -0.394 e. The predicted molar refractivity (Wildman–Crippen MR) is 152 cm³/mol. The number of benzene rings is 4. The Bertz CT molecular complexity index is 1340. The molecule has 0 amide bonds. The fourth-order valence-electron chi connectivity index (χ4n) is 5.89. The highest BCUT2D eigenvalue weighted by molar-refractivity contribution is 5.31. The summed E-state index contributed by atoms with van der Waals surface area (Å²) >= 11 is 0. The second-order valence-corrected chi connectivity index (χ2v) is 10.6. The van der Waals surface area contributed by atoms with Crippen LogP contribution in [0.4, 0.5) is 0 Å². The van der Waals surface area contributed by atoms with Gasteiger partial charge in [-0.05, 0) is 22.3 Å². The van der Waals surface area contributed by atoms with Crippen LogP contribution in [0, 0.1) is 0 Å². The van der Waals surface area contributed by atoms with Crippen LogP contribution in [0.5, 0.6) is 0 Å². The third-order valence-electron chi connectivity index (χ3n) is 7.93. The van der Waals surface area contributed by atoms with Crippen LogP contribution in [0.25, 0.3) is 0 Å². The Labute approximate surface area is 235 Å². The lowest BCUT2D eigenvalue weighted by atomic mass is 9.63. The average molecular weight is 541 g/mol. The van der Waals surface area contributed by atoms with Gasteiger partial charge in [0, 0.05) is 19.3 Å². The Hall–Kier alpha value is -3.36. The van der Waals surface area contributed by atoms with Crippen molar-refractivity contribution in [3.05, 3.63) is 144 Å².